The highest BCUT2D eigenvalue weighted by Crippen LogP contribution is 2.58. The number of rotatable bonds is 1. The average molecular weight is 368 g/mol. The van der Waals surface area contributed by atoms with Gasteiger partial charge in [0, 0.05) is 11.8 Å². The van der Waals surface area contributed by atoms with E-state index in [1.807, 2.05) is 10.9 Å². The highest BCUT2D eigenvalue weighted by atomic mass is 19.1. The molecule has 5 rings (SSSR count). The molecule has 0 N–H and O–H groups in total. The number of ether oxygens (including phenoxy) is 2. The van der Waals surface area contributed by atoms with Gasteiger partial charge in [0.15, 0.2) is 5.79 Å². The highest BCUT2D eigenvalue weighted by molar-refractivity contribution is 5.62. The smallest absolute Gasteiger partial charge is 0.178 e. The number of fused-ring (bicyclic) bond motifs is 3. The van der Waals surface area contributed by atoms with E-state index in [1.165, 1.54) is 23.3 Å². The van der Waals surface area contributed by atoms with Crippen LogP contribution in [0.3, 0.4) is 0 Å². The summed E-state index contributed by atoms with van der Waals surface area (Å²) in [5.74, 6) is -0.787. The molecule has 2 heterocycles. The van der Waals surface area contributed by atoms with E-state index < -0.39 is 5.79 Å². The molecule has 5 heteroatoms. The summed E-state index contributed by atoms with van der Waals surface area (Å²) >= 11 is 0. The Hall–Kier alpha value is -1.98. The molecule has 4 nitrogen and oxygen atoms in total. The Morgan fingerprint density at radius 3 is 2.56 bits per heavy atom. The van der Waals surface area contributed by atoms with Crippen LogP contribution in [0, 0.1) is 11.2 Å². The molecule has 0 unspecified atom stereocenters. The first-order valence-electron chi connectivity index (χ1n) is 9.81. The van der Waals surface area contributed by atoms with Crippen molar-refractivity contribution in [2.75, 3.05) is 0 Å². The first kappa shape index (κ1) is 17.1. The molecule has 2 aliphatic carbocycles. The third-order valence-corrected chi connectivity index (χ3v) is 6.73. The van der Waals surface area contributed by atoms with E-state index in [2.05, 4.69) is 31.9 Å². The molecule has 2 aromatic rings. The van der Waals surface area contributed by atoms with Gasteiger partial charge in [-0.2, -0.15) is 5.10 Å². The SMILES string of the molecule is C[C@@H]1OC2(CCCC3=Cc4c(cnn4-c4ccc(F)cc4)C[C@@]32C)O[C@H]1C. The lowest BCUT2D eigenvalue weighted by molar-refractivity contribution is -0.246. The second-order valence-corrected chi connectivity index (χ2v) is 8.37. The lowest BCUT2D eigenvalue weighted by Crippen LogP contribution is -2.53. The fraction of sp³-hybridized carbons (Fsp3) is 0.500. The molecule has 0 radical (unpaired) electrons. The molecule has 1 saturated carbocycles. The minimum Gasteiger partial charge on any atom is -0.343 e. The van der Waals surface area contributed by atoms with E-state index in [0.717, 1.165) is 37.1 Å². The Labute approximate surface area is 159 Å². The van der Waals surface area contributed by atoms with E-state index >= 15 is 0 Å². The molecule has 3 atom stereocenters. The largest absolute Gasteiger partial charge is 0.343 e. The summed E-state index contributed by atoms with van der Waals surface area (Å²) in [6, 6.07) is 6.48. The van der Waals surface area contributed by atoms with E-state index in [-0.39, 0.29) is 23.4 Å². The van der Waals surface area contributed by atoms with Crippen molar-refractivity contribution in [1.29, 1.82) is 0 Å². The predicted molar refractivity (Wildman–Crippen MR) is 101 cm³/mol. The summed E-state index contributed by atoms with van der Waals surface area (Å²) in [5, 5.41) is 4.60. The molecule has 1 saturated heterocycles. The maximum atomic E-state index is 13.3. The maximum Gasteiger partial charge on any atom is 0.178 e. The van der Waals surface area contributed by atoms with Gasteiger partial charge in [-0.05, 0) is 69.0 Å². The Kier molecular flexibility index (Phi) is 3.66. The maximum absolute atomic E-state index is 13.3. The van der Waals surface area contributed by atoms with Crippen LogP contribution < -0.4 is 0 Å². The number of hydrogen-bond acceptors (Lipinski definition) is 3. The van der Waals surface area contributed by atoms with Crippen LogP contribution in [0.25, 0.3) is 11.8 Å². The van der Waals surface area contributed by atoms with Crippen molar-refractivity contribution in [3.8, 4) is 5.69 Å². The zero-order chi connectivity index (χ0) is 18.8. The van der Waals surface area contributed by atoms with E-state index in [9.17, 15) is 4.39 Å². The van der Waals surface area contributed by atoms with Gasteiger partial charge in [0.1, 0.15) is 5.82 Å². The van der Waals surface area contributed by atoms with Crippen LogP contribution in [0.4, 0.5) is 4.39 Å². The summed E-state index contributed by atoms with van der Waals surface area (Å²) in [6.07, 6.45) is 8.26. The molecule has 1 aromatic heterocycles. The first-order chi connectivity index (χ1) is 12.9. The number of benzene rings is 1. The Morgan fingerprint density at radius 1 is 1.15 bits per heavy atom. The molecule has 142 valence electrons. The van der Waals surface area contributed by atoms with Crippen LogP contribution >= 0.6 is 0 Å². The summed E-state index contributed by atoms with van der Waals surface area (Å²) < 4.78 is 28.1. The number of aromatic nitrogens is 2. The molecule has 0 bridgehead atoms. The molecule has 1 spiro atoms. The monoisotopic (exact) mass is 368 g/mol. The Morgan fingerprint density at radius 2 is 1.85 bits per heavy atom. The Bertz CT molecular complexity index is 907. The van der Waals surface area contributed by atoms with Gasteiger partial charge in [-0.3, -0.25) is 0 Å². The third-order valence-electron chi connectivity index (χ3n) is 6.73. The minimum absolute atomic E-state index is 0.101. The highest BCUT2D eigenvalue weighted by Gasteiger charge is 2.60. The number of halogens is 1. The third kappa shape index (κ3) is 2.38. The van der Waals surface area contributed by atoms with Crippen LogP contribution in [-0.4, -0.2) is 27.8 Å². The van der Waals surface area contributed by atoms with Crippen molar-refractivity contribution in [3.05, 3.63) is 53.1 Å². The van der Waals surface area contributed by atoms with Crippen LogP contribution in [-0.2, 0) is 15.9 Å². The number of hydrogen-bond donors (Lipinski definition) is 0. The van der Waals surface area contributed by atoms with Crippen molar-refractivity contribution in [1.82, 2.24) is 9.78 Å². The topological polar surface area (TPSA) is 36.3 Å². The molecular formula is C22H25FN2O2. The normalized spacial score (nSPS) is 31.5. The van der Waals surface area contributed by atoms with Crippen LogP contribution in [0.5, 0.6) is 0 Å². The van der Waals surface area contributed by atoms with Crippen LogP contribution in [0.15, 0.2) is 36.0 Å². The Balaban J connectivity index is 1.58. The molecule has 1 aliphatic heterocycles. The van der Waals surface area contributed by atoms with Gasteiger partial charge in [-0.25, -0.2) is 9.07 Å². The van der Waals surface area contributed by atoms with Gasteiger partial charge in [0.2, 0.25) is 0 Å². The van der Waals surface area contributed by atoms with E-state index in [1.54, 1.807) is 12.1 Å². The van der Waals surface area contributed by atoms with Crippen LogP contribution in [0.1, 0.15) is 51.3 Å². The molecule has 1 aromatic carbocycles. The fourth-order valence-corrected chi connectivity index (χ4v) is 5.00. The van der Waals surface area contributed by atoms with Crippen molar-refractivity contribution < 1.29 is 13.9 Å². The second kappa shape index (κ2) is 5.76. The lowest BCUT2D eigenvalue weighted by Gasteiger charge is -2.51. The van der Waals surface area contributed by atoms with Gasteiger partial charge < -0.3 is 9.47 Å². The molecule has 27 heavy (non-hydrogen) atoms. The van der Waals surface area contributed by atoms with Gasteiger partial charge in [0.25, 0.3) is 0 Å². The summed E-state index contributed by atoms with van der Waals surface area (Å²) in [5.41, 5.74) is 4.33. The second-order valence-electron chi connectivity index (χ2n) is 8.37. The molecule has 0 amide bonds. The van der Waals surface area contributed by atoms with E-state index in [0.29, 0.717) is 0 Å². The zero-order valence-electron chi connectivity index (χ0n) is 16.0. The van der Waals surface area contributed by atoms with Crippen LogP contribution in [0.2, 0.25) is 0 Å². The molecule has 2 fully saturated rings. The van der Waals surface area contributed by atoms with Crippen molar-refractivity contribution in [2.24, 2.45) is 5.41 Å². The van der Waals surface area contributed by atoms with Gasteiger partial charge >= 0.3 is 0 Å². The summed E-state index contributed by atoms with van der Waals surface area (Å²) in [6.45, 7) is 6.48. The average Bonchev–Trinajstić information content (AvgIpc) is 3.16. The fourth-order valence-electron chi connectivity index (χ4n) is 5.00. The first-order valence-corrected chi connectivity index (χ1v) is 9.81. The standard InChI is InChI=1S/C22H25FN2O2/c1-14-15(2)27-22(26-14)10-4-5-17-11-20-16(12-21(17,22)3)13-24-25(20)19-8-6-18(23)7-9-19/h6-9,11,13-15H,4-5,10,12H2,1-3H3/t14-,15-,21-/m0/s1. The van der Waals surface area contributed by atoms with Gasteiger partial charge in [-0.15, -0.1) is 0 Å². The van der Waals surface area contributed by atoms with Gasteiger partial charge in [0.05, 0.1) is 29.8 Å². The summed E-state index contributed by atoms with van der Waals surface area (Å²) in [7, 11) is 0. The zero-order valence-corrected chi connectivity index (χ0v) is 16.0. The predicted octanol–water partition coefficient (Wildman–Crippen LogP) is 4.66. The molecular weight excluding hydrogens is 343 g/mol. The molecule has 3 aliphatic rings. The van der Waals surface area contributed by atoms with Gasteiger partial charge in [-0.1, -0.05) is 12.5 Å². The minimum atomic E-state index is -0.550. The number of nitrogens with zero attached hydrogens (tertiary/aromatic N) is 2. The van der Waals surface area contributed by atoms with Crippen molar-refractivity contribution in [3.63, 3.8) is 0 Å². The quantitative estimate of drug-likeness (QED) is 0.734. The van der Waals surface area contributed by atoms with Crippen molar-refractivity contribution in [2.45, 2.75) is 64.4 Å². The van der Waals surface area contributed by atoms with E-state index in [4.69, 9.17) is 9.47 Å². The van der Waals surface area contributed by atoms with Crippen molar-refractivity contribution >= 4 is 6.08 Å². The summed E-state index contributed by atoms with van der Waals surface area (Å²) in [4.78, 5) is 0. The lowest BCUT2D eigenvalue weighted by atomic mass is 9.62.